The SMILES string of the molecule is CN(C)C/C=C/C(=O)Nc1ccnc(-c2cccc3cnc(Nc4ccc(NC5CCN(C)CC5)nc4)nc23)c1. The monoisotopic (exact) mass is 537 g/mol. The lowest BCUT2D eigenvalue weighted by Gasteiger charge is -2.29. The number of carbonyl (C=O) groups is 1. The van der Waals surface area contributed by atoms with Crippen molar-refractivity contribution in [2.45, 2.75) is 18.9 Å². The molecule has 0 radical (unpaired) electrons. The number of pyridine rings is 2. The average Bonchev–Trinajstić information content (AvgIpc) is 2.95. The highest BCUT2D eigenvalue weighted by Crippen LogP contribution is 2.28. The summed E-state index contributed by atoms with van der Waals surface area (Å²) in [5, 5.41) is 10.6. The Bertz CT molecular complexity index is 1480. The molecule has 0 aliphatic carbocycles. The zero-order chi connectivity index (χ0) is 27.9. The Morgan fingerprint density at radius 1 is 1.05 bits per heavy atom. The predicted octanol–water partition coefficient (Wildman–Crippen LogP) is 4.39. The quantitative estimate of drug-likeness (QED) is 0.268. The molecule has 1 amide bonds. The van der Waals surface area contributed by atoms with Crippen LogP contribution in [-0.4, -0.2) is 82.5 Å². The van der Waals surface area contributed by atoms with Crippen LogP contribution in [0.25, 0.3) is 22.2 Å². The standard InChI is InChI=1S/C30H35N9O/c1-38(2)15-5-8-28(40)35-23-11-14-31-26(18-23)25-7-4-6-21-19-33-30(37-29(21)25)36-24-9-10-27(32-20-24)34-22-12-16-39(3)17-13-22/h4-11,14,18-20,22H,12-13,15-17H2,1-3H3,(H,32,34)(H,31,35,40)(H,33,36,37)/b8-5+. The molecular formula is C30H35N9O. The van der Waals surface area contributed by atoms with Gasteiger partial charge in [-0.3, -0.25) is 9.78 Å². The summed E-state index contributed by atoms with van der Waals surface area (Å²) in [6, 6.07) is 13.9. The van der Waals surface area contributed by atoms with Crippen LogP contribution in [0.4, 0.5) is 23.1 Å². The smallest absolute Gasteiger partial charge is 0.248 e. The molecule has 1 fully saturated rings. The third-order valence-electron chi connectivity index (χ3n) is 6.74. The highest BCUT2D eigenvalue weighted by molar-refractivity contribution is 6.00. The highest BCUT2D eigenvalue weighted by Gasteiger charge is 2.16. The van der Waals surface area contributed by atoms with Gasteiger partial charge >= 0.3 is 0 Å². The molecule has 10 heteroatoms. The molecular weight excluding hydrogens is 502 g/mol. The number of likely N-dealkylation sites (tertiary alicyclic amines) is 1. The molecule has 3 aromatic heterocycles. The van der Waals surface area contributed by atoms with Gasteiger partial charge in [0.25, 0.3) is 0 Å². The zero-order valence-electron chi connectivity index (χ0n) is 23.1. The van der Waals surface area contributed by atoms with E-state index in [0.29, 0.717) is 29.9 Å². The molecule has 4 aromatic rings. The molecule has 1 aliphatic heterocycles. The third kappa shape index (κ3) is 7.16. The first-order chi connectivity index (χ1) is 19.4. The summed E-state index contributed by atoms with van der Waals surface area (Å²) in [6.07, 6.45) is 10.8. The maximum absolute atomic E-state index is 12.3. The number of nitrogens with one attached hydrogen (secondary N) is 3. The lowest BCUT2D eigenvalue weighted by Crippen LogP contribution is -2.36. The fraction of sp³-hybridized carbons (Fsp3) is 0.300. The minimum Gasteiger partial charge on any atom is -0.367 e. The van der Waals surface area contributed by atoms with Crippen molar-refractivity contribution in [3.8, 4) is 11.3 Å². The fourth-order valence-corrected chi connectivity index (χ4v) is 4.58. The number of rotatable bonds is 9. The van der Waals surface area contributed by atoms with Crippen molar-refractivity contribution >= 4 is 40.0 Å². The Labute approximate surface area is 234 Å². The van der Waals surface area contributed by atoms with Gasteiger partial charge in [-0.25, -0.2) is 15.0 Å². The van der Waals surface area contributed by atoms with Crippen LogP contribution >= 0.6 is 0 Å². The number of likely N-dealkylation sites (N-methyl/N-ethyl adjacent to an activating group) is 1. The number of hydrogen-bond donors (Lipinski definition) is 3. The fourth-order valence-electron chi connectivity index (χ4n) is 4.58. The number of aromatic nitrogens is 4. The van der Waals surface area contributed by atoms with Crippen molar-refractivity contribution in [1.82, 2.24) is 29.7 Å². The van der Waals surface area contributed by atoms with E-state index >= 15 is 0 Å². The summed E-state index contributed by atoms with van der Waals surface area (Å²) in [4.78, 5) is 35.1. The minimum atomic E-state index is -0.188. The molecule has 3 N–H and O–H groups in total. The van der Waals surface area contributed by atoms with E-state index < -0.39 is 0 Å². The molecule has 10 nitrogen and oxygen atoms in total. The highest BCUT2D eigenvalue weighted by atomic mass is 16.1. The predicted molar refractivity (Wildman–Crippen MR) is 161 cm³/mol. The van der Waals surface area contributed by atoms with Crippen molar-refractivity contribution in [3.05, 3.63) is 73.2 Å². The average molecular weight is 538 g/mol. The van der Waals surface area contributed by atoms with E-state index in [0.717, 1.165) is 53.9 Å². The van der Waals surface area contributed by atoms with Gasteiger partial charge < -0.3 is 25.8 Å². The molecule has 206 valence electrons. The van der Waals surface area contributed by atoms with Crippen molar-refractivity contribution < 1.29 is 4.79 Å². The summed E-state index contributed by atoms with van der Waals surface area (Å²) >= 11 is 0. The van der Waals surface area contributed by atoms with Crippen molar-refractivity contribution in [2.24, 2.45) is 0 Å². The third-order valence-corrected chi connectivity index (χ3v) is 6.74. The van der Waals surface area contributed by atoms with Crippen molar-refractivity contribution in [3.63, 3.8) is 0 Å². The molecule has 1 aliphatic rings. The van der Waals surface area contributed by atoms with Crippen LogP contribution in [0.15, 0.2) is 73.2 Å². The van der Waals surface area contributed by atoms with Gasteiger partial charge in [0.2, 0.25) is 11.9 Å². The second-order valence-corrected chi connectivity index (χ2v) is 10.3. The number of carbonyl (C=O) groups excluding carboxylic acids is 1. The molecule has 40 heavy (non-hydrogen) atoms. The largest absolute Gasteiger partial charge is 0.367 e. The lowest BCUT2D eigenvalue weighted by molar-refractivity contribution is -0.111. The van der Waals surface area contributed by atoms with E-state index in [1.807, 2.05) is 61.5 Å². The molecule has 5 rings (SSSR count). The summed E-state index contributed by atoms with van der Waals surface area (Å²) in [5.74, 6) is 1.15. The van der Waals surface area contributed by atoms with Gasteiger partial charge in [-0.1, -0.05) is 24.3 Å². The molecule has 4 heterocycles. The van der Waals surface area contributed by atoms with Gasteiger partial charge in [-0.2, -0.15) is 0 Å². The number of nitrogens with zero attached hydrogens (tertiary/aromatic N) is 6. The molecule has 0 saturated carbocycles. The molecule has 0 unspecified atom stereocenters. The van der Waals surface area contributed by atoms with E-state index in [4.69, 9.17) is 4.98 Å². The summed E-state index contributed by atoms with van der Waals surface area (Å²) in [6.45, 7) is 2.89. The number of piperidine rings is 1. The molecule has 0 spiro atoms. The van der Waals surface area contributed by atoms with Crippen molar-refractivity contribution in [1.29, 1.82) is 0 Å². The second-order valence-electron chi connectivity index (χ2n) is 10.3. The number of benzene rings is 1. The van der Waals surface area contributed by atoms with Crippen LogP contribution in [0.2, 0.25) is 0 Å². The molecule has 0 bridgehead atoms. The number of amides is 1. The lowest BCUT2D eigenvalue weighted by atomic mass is 10.1. The summed E-state index contributed by atoms with van der Waals surface area (Å²) in [5.41, 5.74) is 3.77. The van der Waals surface area contributed by atoms with Gasteiger partial charge in [0, 0.05) is 47.7 Å². The Hall–Kier alpha value is -4.41. The Morgan fingerprint density at radius 2 is 1.90 bits per heavy atom. The number of hydrogen-bond acceptors (Lipinski definition) is 9. The second kappa shape index (κ2) is 12.6. The van der Waals surface area contributed by atoms with Gasteiger partial charge in [-0.05, 0) is 71.3 Å². The topological polar surface area (TPSA) is 111 Å². The van der Waals surface area contributed by atoms with Gasteiger partial charge in [-0.15, -0.1) is 0 Å². The molecule has 0 atom stereocenters. The van der Waals surface area contributed by atoms with Gasteiger partial charge in [0.05, 0.1) is 23.1 Å². The van der Waals surface area contributed by atoms with Crippen molar-refractivity contribution in [2.75, 3.05) is 56.7 Å². The molecule has 1 saturated heterocycles. The Morgan fingerprint density at radius 3 is 2.67 bits per heavy atom. The normalized spacial score (nSPS) is 14.6. The maximum Gasteiger partial charge on any atom is 0.248 e. The van der Waals surface area contributed by atoms with Crippen LogP contribution < -0.4 is 16.0 Å². The zero-order valence-corrected chi connectivity index (χ0v) is 23.1. The van der Waals surface area contributed by atoms with Crippen LogP contribution in [0.1, 0.15) is 12.8 Å². The van der Waals surface area contributed by atoms with Gasteiger partial charge in [0.15, 0.2) is 0 Å². The first-order valence-electron chi connectivity index (χ1n) is 13.5. The van der Waals surface area contributed by atoms with Crippen LogP contribution in [0, 0.1) is 0 Å². The number of fused-ring (bicyclic) bond motifs is 1. The van der Waals surface area contributed by atoms with Crippen LogP contribution in [-0.2, 0) is 4.79 Å². The minimum absolute atomic E-state index is 0.188. The van der Waals surface area contributed by atoms with E-state index in [-0.39, 0.29) is 5.91 Å². The van der Waals surface area contributed by atoms with E-state index in [2.05, 4.69) is 42.8 Å². The molecule has 1 aromatic carbocycles. The first kappa shape index (κ1) is 27.2. The maximum atomic E-state index is 12.3. The number of anilines is 4. The Balaban J connectivity index is 1.30. The number of para-hydroxylation sites is 1. The van der Waals surface area contributed by atoms with Gasteiger partial charge in [0.1, 0.15) is 5.82 Å². The van der Waals surface area contributed by atoms with Crippen LogP contribution in [0.3, 0.4) is 0 Å². The van der Waals surface area contributed by atoms with Crippen LogP contribution in [0.5, 0.6) is 0 Å². The van der Waals surface area contributed by atoms with E-state index in [9.17, 15) is 4.79 Å². The Kier molecular flexibility index (Phi) is 8.58. The summed E-state index contributed by atoms with van der Waals surface area (Å²) in [7, 11) is 6.06. The first-order valence-corrected chi connectivity index (χ1v) is 13.5. The summed E-state index contributed by atoms with van der Waals surface area (Å²) < 4.78 is 0. The van der Waals surface area contributed by atoms with E-state index in [1.54, 1.807) is 24.7 Å². The van der Waals surface area contributed by atoms with E-state index in [1.165, 1.54) is 6.08 Å².